The van der Waals surface area contributed by atoms with Crippen LogP contribution in [0.25, 0.3) is 0 Å². The number of carbonyl (C=O) groups is 1. The lowest BCUT2D eigenvalue weighted by atomic mass is 9.80. The van der Waals surface area contributed by atoms with E-state index in [9.17, 15) is 4.79 Å². The third-order valence-electron chi connectivity index (χ3n) is 3.72. The van der Waals surface area contributed by atoms with Crippen molar-refractivity contribution in [3.63, 3.8) is 0 Å². The quantitative estimate of drug-likeness (QED) is 0.854. The molecule has 1 fully saturated rings. The van der Waals surface area contributed by atoms with Gasteiger partial charge in [0.2, 0.25) is 5.91 Å². The van der Waals surface area contributed by atoms with Gasteiger partial charge in [-0.2, -0.15) is 0 Å². The zero-order valence-corrected chi connectivity index (χ0v) is 11.1. The first kappa shape index (κ1) is 13.1. The Morgan fingerprint density at radius 3 is 2.56 bits per heavy atom. The summed E-state index contributed by atoms with van der Waals surface area (Å²) in [5.74, 6) is 0.450. The monoisotopic (exact) mass is 246 g/mol. The molecule has 1 aliphatic heterocycles. The van der Waals surface area contributed by atoms with E-state index in [0.29, 0.717) is 6.54 Å². The summed E-state index contributed by atoms with van der Waals surface area (Å²) in [7, 11) is 0. The summed E-state index contributed by atoms with van der Waals surface area (Å²) in [5, 5.41) is 3.07. The molecular weight excluding hydrogens is 224 g/mol. The van der Waals surface area contributed by atoms with Gasteiger partial charge in [0.15, 0.2) is 0 Å². The minimum absolute atomic E-state index is 0.0472. The van der Waals surface area contributed by atoms with Crippen molar-refractivity contribution < 1.29 is 4.79 Å². The van der Waals surface area contributed by atoms with Crippen LogP contribution in [0, 0.1) is 5.92 Å². The molecule has 98 valence electrons. The summed E-state index contributed by atoms with van der Waals surface area (Å²) in [6, 6.07) is 10.2. The molecule has 3 heteroatoms. The third-order valence-corrected chi connectivity index (χ3v) is 3.72. The van der Waals surface area contributed by atoms with Crippen LogP contribution in [-0.2, 0) is 4.79 Å². The van der Waals surface area contributed by atoms with Crippen LogP contribution in [0.15, 0.2) is 30.3 Å². The van der Waals surface area contributed by atoms with E-state index in [-0.39, 0.29) is 23.3 Å². The fraction of sp³-hybridized carbons (Fsp3) is 0.533. The Morgan fingerprint density at radius 2 is 2.06 bits per heavy atom. The van der Waals surface area contributed by atoms with Crippen molar-refractivity contribution in [2.75, 3.05) is 6.54 Å². The lowest BCUT2D eigenvalue weighted by Crippen LogP contribution is -2.35. The highest BCUT2D eigenvalue weighted by molar-refractivity contribution is 5.83. The van der Waals surface area contributed by atoms with Crippen molar-refractivity contribution in [1.29, 1.82) is 0 Å². The van der Waals surface area contributed by atoms with Gasteiger partial charge in [-0.15, -0.1) is 0 Å². The second-order valence-corrected chi connectivity index (χ2v) is 5.78. The zero-order valence-electron chi connectivity index (χ0n) is 11.1. The first-order valence-electron chi connectivity index (χ1n) is 6.60. The van der Waals surface area contributed by atoms with Gasteiger partial charge in [0, 0.05) is 11.5 Å². The second-order valence-electron chi connectivity index (χ2n) is 5.78. The standard InChI is InChI=1S/C15H22N2O/c1-15(2)10-13(14(18)17-15)12(8-9-16)11-6-4-3-5-7-11/h3-7,12-13H,8-10,16H2,1-2H3,(H,17,18). The molecule has 0 aliphatic carbocycles. The van der Waals surface area contributed by atoms with Gasteiger partial charge in [-0.1, -0.05) is 30.3 Å². The molecule has 0 spiro atoms. The molecule has 1 heterocycles. The Balaban J connectivity index is 2.24. The van der Waals surface area contributed by atoms with Crippen molar-refractivity contribution in [3.8, 4) is 0 Å². The predicted octanol–water partition coefficient (Wildman–Crippen LogP) is 2.03. The Kier molecular flexibility index (Phi) is 3.71. The van der Waals surface area contributed by atoms with Crippen molar-refractivity contribution in [2.45, 2.75) is 38.1 Å². The lowest BCUT2D eigenvalue weighted by Gasteiger charge is -2.22. The van der Waals surface area contributed by atoms with E-state index in [0.717, 1.165) is 12.8 Å². The average Bonchev–Trinajstić information content (AvgIpc) is 2.61. The van der Waals surface area contributed by atoms with E-state index in [2.05, 4.69) is 31.3 Å². The third kappa shape index (κ3) is 2.72. The largest absolute Gasteiger partial charge is 0.351 e. The van der Waals surface area contributed by atoms with Crippen molar-refractivity contribution in [1.82, 2.24) is 5.32 Å². The van der Waals surface area contributed by atoms with Gasteiger partial charge in [-0.3, -0.25) is 4.79 Å². The number of rotatable bonds is 4. The molecule has 1 aliphatic rings. The van der Waals surface area contributed by atoms with E-state index in [1.54, 1.807) is 0 Å². The van der Waals surface area contributed by atoms with Gasteiger partial charge < -0.3 is 11.1 Å². The molecule has 0 saturated carbocycles. The smallest absolute Gasteiger partial charge is 0.224 e. The molecule has 2 rings (SSSR count). The first-order chi connectivity index (χ1) is 8.53. The van der Waals surface area contributed by atoms with Gasteiger partial charge in [-0.05, 0) is 44.7 Å². The SMILES string of the molecule is CC1(C)CC(C(CCN)c2ccccc2)C(=O)N1. The van der Waals surface area contributed by atoms with Gasteiger partial charge >= 0.3 is 0 Å². The van der Waals surface area contributed by atoms with Crippen LogP contribution in [0.2, 0.25) is 0 Å². The maximum Gasteiger partial charge on any atom is 0.224 e. The molecule has 2 unspecified atom stereocenters. The number of benzene rings is 1. The van der Waals surface area contributed by atoms with E-state index in [1.807, 2.05) is 18.2 Å². The van der Waals surface area contributed by atoms with Crippen LogP contribution in [0.4, 0.5) is 0 Å². The van der Waals surface area contributed by atoms with Crippen molar-refractivity contribution in [2.24, 2.45) is 11.7 Å². The fourth-order valence-corrected chi connectivity index (χ4v) is 2.92. The number of carbonyl (C=O) groups excluding carboxylic acids is 1. The Labute approximate surface area is 109 Å². The van der Waals surface area contributed by atoms with Gasteiger partial charge in [0.1, 0.15) is 0 Å². The minimum atomic E-state index is -0.0939. The Morgan fingerprint density at radius 1 is 1.39 bits per heavy atom. The summed E-state index contributed by atoms with van der Waals surface area (Å²) in [6.45, 7) is 4.77. The highest BCUT2D eigenvalue weighted by Crippen LogP contribution is 2.37. The minimum Gasteiger partial charge on any atom is -0.351 e. The molecule has 2 atom stereocenters. The maximum atomic E-state index is 12.1. The normalized spacial score (nSPS) is 23.7. The van der Waals surface area contributed by atoms with Crippen LogP contribution >= 0.6 is 0 Å². The highest BCUT2D eigenvalue weighted by atomic mass is 16.2. The van der Waals surface area contributed by atoms with Gasteiger partial charge in [-0.25, -0.2) is 0 Å². The highest BCUT2D eigenvalue weighted by Gasteiger charge is 2.41. The summed E-state index contributed by atoms with van der Waals surface area (Å²) >= 11 is 0. The predicted molar refractivity (Wildman–Crippen MR) is 73.2 cm³/mol. The van der Waals surface area contributed by atoms with Crippen molar-refractivity contribution >= 4 is 5.91 Å². The van der Waals surface area contributed by atoms with Crippen LogP contribution in [0.3, 0.4) is 0 Å². The molecular formula is C15H22N2O. The van der Waals surface area contributed by atoms with Crippen LogP contribution in [-0.4, -0.2) is 18.0 Å². The molecule has 0 bridgehead atoms. The summed E-state index contributed by atoms with van der Waals surface area (Å²) < 4.78 is 0. The molecule has 0 radical (unpaired) electrons. The number of nitrogens with two attached hydrogens (primary N) is 1. The molecule has 1 amide bonds. The summed E-state index contributed by atoms with van der Waals surface area (Å²) in [5.41, 5.74) is 6.84. The van der Waals surface area contributed by atoms with E-state index >= 15 is 0 Å². The lowest BCUT2D eigenvalue weighted by molar-refractivity contribution is -0.123. The van der Waals surface area contributed by atoms with E-state index in [4.69, 9.17) is 5.73 Å². The molecule has 3 N–H and O–H groups in total. The molecule has 3 nitrogen and oxygen atoms in total. The van der Waals surface area contributed by atoms with E-state index in [1.165, 1.54) is 5.56 Å². The molecule has 0 aromatic heterocycles. The van der Waals surface area contributed by atoms with Crippen LogP contribution < -0.4 is 11.1 Å². The molecule has 1 aromatic carbocycles. The molecule has 18 heavy (non-hydrogen) atoms. The van der Waals surface area contributed by atoms with Crippen molar-refractivity contribution in [3.05, 3.63) is 35.9 Å². The van der Waals surface area contributed by atoms with Gasteiger partial charge in [0.25, 0.3) is 0 Å². The first-order valence-corrected chi connectivity index (χ1v) is 6.60. The topological polar surface area (TPSA) is 55.1 Å². The summed E-state index contributed by atoms with van der Waals surface area (Å²) in [6.07, 6.45) is 1.74. The average molecular weight is 246 g/mol. The Bertz CT molecular complexity index is 414. The maximum absolute atomic E-state index is 12.1. The Hall–Kier alpha value is -1.35. The van der Waals surface area contributed by atoms with Crippen LogP contribution in [0.1, 0.15) is 38.2 Å². The van der Waals surface area contributed by atoms with Gasteiger partial charge in [0.05, 0.1) is 0 Å². The molecule has 1 aromatic rings. The zero-order chi connectivity index (χ0) is 13.2. The second kappa shape index (κ2) is 5.11. The van der Waals surface area contributed by atoms with E-state index < -0.39 is 0 Å². The number of amides is 1. The summed E-state index contributed by atoms with van der Waals surface area (Å²) in [4.78, 5) is 12.1. The number of hydrogen-bond acceptors (Lipinski definition) is 2. The number of nitrogens with one attached hydrogen (secondary N) is 1. The molecule has 1 saturated heterocycles. The number of hydrogen-bond donors (Lipinski definition) is 2. The fourth-order valence-electron chi connectivity index (χ4n) is 2.92. The van der Waals surface area contributed by atoms with Crippen LogP contribution in [0.5, 0.6) is 0 Å².